The topological polar surface area (TPSA) is 174 Å². The van der Waals surface area contributed by atoms with Gasteiger partial charge in [0.1, 0.15) is 28.3 Å². The molecular formula is C53H63N4O10P. The van der Waals surface area contributed by atoms with Crippen LogP contribution in [0.3, 0.4) is 0 Å². The first-order chi connectivity index (χ1) is 32.6. The van der Waals surface area contributed by atoms with Gasteiger partial charge < -0.3 is 37.7 Å². The van der Waals surface area contributed by atoms with Gasteiger partial charge in [0.05, 0.1) is 57.5 Å². The molecule has 3 aliphatic rings. The van der Waals surface area contributed by atoms with Crippen molar-refractivity contribution in [3.8, 4) is 29.0 Å². The van der Waals surface area contributed by atoms with Crippen molar-refractivity contribution in [3.05, 3.63) is 136 Å². The third-order valence-electron chi connectivity index (χ3n) is 12.4. The number of benzene rings is 4. The zero-order valence-electron chi connectivity index (χ0n) is 40.3. The molecule has 360 valence electrons. The Hall–Kier alpha value is -5.94. The normalized spacial score (nSPS) is 16.1. The molecule has 1 aliphatic carbocycles. The first-order valence-corrected chi connectivity index (χ1v) is 24.1. The Morgan fingerprint density at radius 2 is 1.71 bits per heavy atom. The summed E-state index contributed by atoms with van der Waals surface area (Å²) in [7, 11) is 1.65. The number of amides is 1. The highest BCUT2D eigenvalue weighted by Crippen LogP contribution is 2.48. The van der Waals surface area contributed by atoms with E-state index in [9.17, 15) is 24.8 Å². The molecule has 0 radical (unpaired) electrons. The lowest BCUT2D eigenvalue weighted by Crippen LogP contribution is -2.42. The van der Waals surface area contributed by atoms with E-state index in [1.54, 1.807) is 57.2 Å². The Bertz CT molecular complexity index is 2590. The maximum Gasteiger partial charge on any atom is 0.309 e. The van der Waals surface area contributed by atoms with Crippen molar-refractivity contribution in [3.63, 3.8) is 0 Å². The summed E-state index contributed by atoms with van der Waals surface area (Å²) in [5.41, 5.74) is 2.62. The van der Waals surface area contributed by atoms with Crippen LogP contribution in [0, 0.1) is 16.7 Å². The van der Waals surface area contributed by atoms with E-state index in [-0.39, 0.29) is 68.6 Å². The number of aliphatic carboxylic acids is 1. The smallest absolute Gasteiger partial charge is 0.309 e. The predicted molar refractivity (Wildman–Crippen MR) is 263 cm³/mol. The Morgan fingerprint density at radius 3 is 2.26 bits per heavy atom. The monoisotopic (exact) mass is 946 g/mol. The van der Waals surface area contributed by atoms with Gasteiger partial charge in [-0.15, -0.1) is 0 Å². The van der Waals surface area contributed by atoms with Gasteiger partial charge in [0.2, 0.25) is 5.91 Å². The fraction of sp³-hybridized carbons (Fsp3) is 0.415. The molecule has 1 N–H and O–H groups in total. The van der Waals surface area contributed by atoms with Crippen LogP contribution in [0.25, 0.3) is 22.6 Å². The van der Waals surface area contributed by atoms with Crippen molar-refractivity contribution in [1.82, 2.24) is 14.6 Å². The van der Waals surface area contributed by atoms with E-state index in [1.165, 1.54) is 6.07 Å². The number of nitriles is 1. The lowest BCUT2D eigenvalue weighted by atomic mass is 9.79. The lowest BCUT2D eigenvalue weighted by molar-refractivity contribution is -0.146. The molecule has 2 aliphatic heterocycles. The fourth-order valence-corrected chi connectivity index (χ4v) is 10.2. The molecule has 0 aromatic heterocycles. The van der Waals surface area contributed by atoms with E-state index in [2.05, 4.69) is 31.2 Å². The minimum atomic E-state index is -1.59. The second-order valence-corrected chi connectivity index (χ2v) is 19.2. The second kappa shape index (κ2) is 22.9. The van der Waals surface area contributed by atoms with Gasteiger partial charge in [0, 0.05) is 37.2 Å². The number of rotatable bonds is 23. The number of fused-ring (bicyclic) bond motifs is 2. The molecule has 6 rings (SSSR count). The molecule has 0 saturated carbocycles. The first kappa shape index (κ1) is 51.5. The highest BCUT2D eigenvalue weighted by atomic mass is 31.2. The van der Waals surface area contributed by atoms with Gasteiger partial charge in [-0.05, 0) is 119 Å². The van der Waals surface area contributed by atoms with Gasteiger partial charge in [0.25, 0.3) is 8.53 Å². The molecule has 3 atom stereocenters. The van der Waals surface area contributed by atoms with Crippen LogP contribution in [0.2, 0.25) is 0 Å². The zero-order chi connectivity index (χ0) is 49.2. The van der Waals surface area contributed by atoms with Crippen LogP contribution in [0.5, 0.6) is 11.5 Å². The summed E-state index contributed by atoms with van der Waals surface area (Å²) in [5, 5.41) is 19.0. The average molecular weight is 947 g/mol. The summed E-state index contributed by atoms with van der Waals surface area (Å²) >= 11 is 0. The molecule has 1 fully saturated rings. The molecule has 3 aromatic rings. The number of aryl methyl sites for hydroxylation is 1. The minimum Gasteiger partial charge on any atom is -0.497 e. The Morgan fingerprint density at radius 1 is 1.04 bits per heavy atom. The van der Waals surface area contributed by atoms with Crippen LogP contribution in [0.4, 0.5) is 0 Å². The van der Waals surface area contributed by atoms with Crippen molar-refractivity contribution in [2.24, 2.45) is 5.41 Å². The van der Waals surface area contributed by atoms with Crippen molar-refractivity contribution in [2.45, 2.75) is 97.4 Å². The predicted octanol–water partition coefficient (Wildman–Crippen LogP) is 9.86. The number of carboxylic acids is 1. The van der Waals surface area contributed by atoms with Crippen molar-refractivity contribution < 1.29 is 42.4 Å². The second-order valence-electron chi connectivity index (χ2n) is 17.7. The number of aromatic nitrogens is 1. The Kier molecular flexibility index (Phi) is 17.3. The summed E-state index contributed by atoms with van der Waals surface area (Å²) in [6.07, 6.45) is 4.41. The molecule has 2 heterocycles. The average Bonchev–Trinajstić information content (AvgIpc) is 3.74. The zero-order valence-corrected chi connectivity index (χ0v) is 41.2. The van der Waals surface area contributed by atoms with Crippen LogP contribution in [-0.4, -0.2) is 90.2 Å². The molecule has 1 unspecified atom stereocenters. The molecule has 0 bridgehead atoms. The van der Waals surface area contributed by atoms with E-state index in [0.717, 1.165) is 22.3 Å². The van der Waals surface area contributed by atoms with E-state index in [4.69, 9.17) is 32.7 Å². The van der Waals surface area contributed by atoms with Crippen LogP contribution >= 0.6 is 8.53 Å². The summed E-state index contributed by atoms with van der Waals surface area (Å²) in [6.45, 7) is 16.8. The molecule has 0 spiro atoms. The van der Waals surface area contributed by atoms with E-state index in [0.29, 0.717) is 46.8 Å². The third kappa shape index (κ3) is 11.7. The van der Waals surface area contributed by atoms with Gasteiger partial charge in [-0.2, -0.15) is 5.26 Å². The van der Waals surface area contributed by atoms with Crippen molar-refractivity contribution >= 4 is 31.5 Å². The number of likely N-dealkylation sites (tertiary alicyclic amines) is 1. The van der Waals surface area contributed by atoms with Crippen molar-refractivity contribution in [1.29, 1.82) is 5.26 Å². The lowest BCUT2D eigenvalue weighted by Gasteiger charge is -2.38. The molecule has 14 nitrogen and oxygen atoms in total. The molecule has 3 aromatic carbocycles. The van der Waals surface area contributed by atoms with Crippen LogP contribution in [0.15, 0.2) is 112 Å². The van der Waals surface area contributed by atoms with Gasteiger partial charge in [-0.3, -0.25) is 14.4 Å². The summed E-state index contributed by atoms with van der Waals surface area (Å²) in [5.74, 6) is 0.561. The molecule has 1 amide bonds. The summed E-state index contributed by atoms with van der Waals surface area (Å²) in [6, 6.07) is 25.6. The number of carbonyl (C=O) groups is 2. The number of hydrogen-bond acceptors (Lipinski definition) is 12. The molecule has 68 heavy (non-hydrogen) atoms. The van der Waals surface area contributed by atoms with Crippen molar-refractivity contribution in [2.75, 3.05) is 40.5 Å². The SMILES string of the molecule is C=CC(=CC)C(OC[C@@H]1C[C@@H](OP(OCCC#N)N(CC)C(C)C)CN1C(=O)CCc1cc2nc3ccc(CC(C)(C)C(=O)O)cc3oc-2cc1=O)(c1ccc(OC)cc1)c1ccc(OC)cc1. The Balaban J connectivity index is 1.33. The molecule has 1 saturated heterocycles. The number of carbonyl (C=O) groups excluding carboxylic acids is 1. The van der Waals surface area contributed by atoms with E-state index >= 15 is 0 Å². The minimum absolute atomic E-state index is 0.0206. The number of nitrogens with zero attached hydrogens (tertiary/aromatic N) is 4. The third-order valence-corrected chi connectivity index (χ3v) is 14.4. The Labute approximate surface area is 400 Å². The summed E-state index contributed by atoms with van der Waals surface area (Å²) < 4.78 is 39.6. The summed E-state index contributed by atoms with van der Waals surface area (Å²) in [4.78, 5) is 46.6. The van der Waals surface area contributed by atoms with Gasteiger partial charge in [-0.25, -0.2) is 9.65 Å². The van der Waals surface area contributed by atoms with Gasteiger partial charge >= 0.3 is 5.97 Å². The van der Waals surface area contributed by atoms with Gasteiger partial charge in [-0.1, -0.05) is 56.0 Å². The standard InChI is InChI=1S/C53H63N4O10P/c1-10-38(11-2)53(39-16-20-42(62-8)21-17-39,40-18-22-43(63-9)23-19-40)64-34-41-30-44(67-68(65-27-13-26-54)57(12-3)35(4)5)33-56(41)50(59)25-15-37-29-46-49(31-47(37)58)66-48-28-36(14-24-45(48)55-46)32-52(6,7)51(60)61/h10-11,14,16-24,28-29,31,35,41,44H,1,12-13,15,25,27,30,32-34H2,2-9H3,(H,60,61)/t41-,44+,68?/m0/s1. The van der Waals surface area contributed by atoms with Crippen LogP contribution in [-0.2, 0) is 41.8 Å². The van der Waals surface area contributed by atoms with Gasteiger partial charge in [0.15, 0.2) is 16.8 Å². The quantitative estimate of drug-likeness (QED) is 0.0284. The maximum atomic E-state index is 14.7. The fourth-order valence-electron chi connectivity index (χ4n) is 8.65. The number of hydrogen-bond donors (Lipinski definition) is 1. The number of carboxylic acid groups (broad SMARTS) is 1. The maximum absolute atomic E-state index is 14.7. The number of allylic oxidation sites excluding steroid dienone is 1. The van der Waals surface area contributed by atoms with E-state index in [1.807, 2.05) is 74.5 Å². The number of methoxy groups -OCH3 is 2. The highest BCUT2D eigenvalue weighted by Gasteiger charge is 2.43. The molecular weight excluding hydrogens is 884 g/mol. The first-order valence-electron chi connectivity index (χ1n) is 23.0. The van der Waals surface area contributed by atoms with Crippen LogP contribution < -0.4 is 14.9 Å². The van der Waals surface area contributed by atoms with E-state index < -0.39 is 37.7 Å². The molecule has 15 heteroatoms. The highest BCUT2D eigenvalue weighted by molar-refractivity contribution is 7.44. The van der Waals surface area contributed by atoms with Crippen LogP contribution in [0.1, 0.15) is 83.1 Å². The largest absolute Gasteiger partial charge is 0.497 e. The number of ether oxygens (including phenoxy) is 3.